The van der Waals surface area contributed by atoms with Crippen molar-refractivity contribution >= 4 is 11.8 Å². The monoisotopic (exact) mass is 263 g/mol. The number of anilines is 1. The van der Waals surface area contributed by atoms with E-state index in [1.54, 1.807) is 12.1 Å². The molecule has 2 rings (SSSR count). The van der Waals surface area contributed by atoms with Crippen LogP contribution in [0.15, 0.2) is 24.3 Å². The number of nitrogens with two attached hydrogens (primary N) is 1. The van der Waals surface area contributed by atoms with Crippen molar-refractivity contribution in [3.05, 3.63) is 29.8 Å². The third-order valence-electron chi connectivity index (χ3n) is 2.56. The maximum Gasteiger partial charge on any atom is 0.341 e. The molecule has 0 bridgehead atoms. The molecule has 19 heavy (non-hydrogen) atoms. The summed E-state index contributed by atoms with van der Waals surface area (Å²) in [7, 11) is 2.73. The van der Waals surface area contributed by atoms with E-state index in [-0.39, 0.29) is 11.7 Å². The summed E-state index contributed by atoms with van der Waals surface area (Å²) < 4.78 is 11.1. The van der Waals surface area contributed by atoms with E-state index in [9.17, 15) is 9.90 Å². The molecule has 3 N–H and O–H groups in total. The number of esters is 1. The molecule has 7 nitrogen and oxygen atoms in total. The van der Waals surface area contributed by atoms with Crippen LogP contribution in [0.5, 0.6) is 11.6 Å². The highest BCUT2D eigenvalue weighted by Crippen LogP contribution is 2.25. The fourth-order valence-corrected chi connectivity index (χ4v) is 1.68. The first kappa shape index (κ1) is 12.7. The molecule has 1 aromatic heterocycles. The lowest BCUT2D eigenvalue weighted by Gasteiger charge is -2.10. The number of methoxy groups -OCH3 is 2. The molecule has 0 radical (unpaired) electrons. The zero-order valence-corrected chi connectivity index (χ0v) is 10.5. The Morgan fingerprint density at radius 2 is 2.11 bits per heavy atom. The highest BCUT2D eigenvalue weighted by atomic mass is 16.5. The van der Waals surface area contributed by atoms with E-state index in [1.165, 1.54) is 31.0 Å². The third kappa shape index (κ3) is 2.30. The van der Waals surface area contributed by atoms with Gasteiger partial charge in [-0.2, -0.15) is 0 Å². The molecule has 0 aliphatic carbocycles. The zero-order valence-electron chi connectivity index (χ0n) is 10.5. The van der Waals surface area contributed by atoms with Gasteiger partial charge in [0.15, 0.2) is 0 Å². The first-order chi connectivity index (χ1) is 9.06. The Kier molecular flexibility index (Phi) is 3.28. The van der Waals surface area contributed by atoms with Crippen molar-refractivity contribution in [2.45, 2.75) is 0 Å². The molecule has 0 fully saturated rings. The van der Waals surface area contributed by atoms with Crippen LogP contribution in [-0.4, -0.2) is 35.1 Å². The van der Waals surface area contributed by atoms with Crippen LogP contribution in [0.1, 0.15) is 10.4 Å². The number of nitrogens with zero attached hydrogens (tertiary/aromatic N) is 2. The zero-order chi connectivity index (χ0) is 14.0. The van der Waals surface area contributed by atoms with Crippen LogP contribution in [0.4, 0.5) is 5.82 Å². The highest BCUT2D eigenvalue weighted by Gasteiger charge is 2.15. The molecule has 1 aromatic carbocycles. The molecule has 0 aliphatic heterocycles. The van der Waals surface area contributed by atoms with Crippen LogP contribution in [0.25, 0.3) is 5.69 Å². The number of aromatic hydroxyl groups is 1. The average molecular weight is 263 g/mol. The van der Waals surface area contributed by atoms with Crippen molar-refractivity contribution in [2.75, 3.05) is 20.0 Å². The summed E-state index contributed by atoms with van der Waals surface area (Å²) in [6.07, 6.45) is 0. The van der Waals surface area contributed by atoms with Gasteiger partial charge in [0.1, 0.15) is 17.1 Å². The molecule has 0 saturated carbocycles. The van der Waals surface area contributed by atoms with Crippen molar-refractivity contribution in [2.24, 2.45) is 0 Å². The van der Waals surface area contributed by atoms with E-state index in [0.29, 0.717) is 17.0 Å². The lowest BCUT2D eigenvalue weighted by Crippen LogP contribution is -2.06. The summed E-state index contributed by atoms with van der Waals surface area (Å²) in [5.41, 5.74) is 6.55. The van der Waals surface area contributed by atoms with E-state index in [1.807, 2.05) is 0 Å². The largest absolute Gasteiger partial charge is 0.496 e. The maximum absolute atomic E-state index is 11.5. The molecule has 100 valence electrons. The van der Waals surface area contributed by atoms with Crippen molar-refractivity contribution in [1.29, 1.82) is 0 Å². The summed E-state index contributed by atoms with van der Waals surface area (Å²) in [4.78, 5) is 11.5. The Hall–Kier alpha value is -2.70. The molecule has 0 spiro atoms. The molecule has 0 aliphatic rings. The van der Waals surface area contributed by atoms with Gasteiger partial charge in [-0.15, -0.1) is 5.10 Å². The Labute approximate surface area is 109 Å². The number of ether oxygens (including phenoxy) is 2. The number of carbonyl (C=O) groups excluding carboxylic acids is 1. The smallest absolute Gasteiger partial charge is 0.341 e. The Bertz CT molecular complexity index is 621. The second-order valence-corrected chi connectivity index (χ2v) is 3.72. The van der Waals surface area contributed by atoms with E-state index >= 15 is 0 Å². The molecule has 0 unspecified atom stereocenters. The molecule has 1 heterocycles. The number of hydrogen-bond acceptors (Lipinski definition) is 6. The standard InChI is InChI=1S/C12H13N3O4/c1-18-9-5-7(3-4-8(9)12(17)19-2)15-10(13)6-11(16)14-15/h3-6H,13H2,1-2H3,(H,14,16). The number of rotatable bonds is 3. The minimum Gasteiger partial charge on any atom is -0.496 e. The number of aromatic nitrogens is 2. The Morgan fingerprint density at radius 1 is 1.37 bits per heavy atom. The van der Waals surface area contributed by atoms with Gasteiger partial charge in [0, 0.05) is 12.1 Å². The summed E-state index contributed by atoms with van der Waals surface area (Å²) in [6.45, 7) is 0. The summed E-state index contributed by atoms with van der Waals surface area (Å²) in [5, 5.41) is 13.1. The van der Waals surface area contributed by atoms with Gasteiger partial charge < -0.3 is 20.3 Å². The second kappa shape index (κ2) is 4.89. The fraction of sp³-hybridized carbons (Fsp3) is 0.167. The van der Waals surface area contributed by atoms with Gasteiger partial charge in [-0.1, -0.05) is 0 Å². The SMILES string of the molecule is COC(=O)c1ccc(-n2nc(O)cc2N)cc1OC. The number of carbonyl (C=O) groups is 1. The van der Waals surface area contributed by atoms with Crippen molar-refractivity contribution in [1.82, 2.24) is 9.78 Å². The first-order valence-corrected chi connectivity index (χ1v) is 5.38. The van der Waals surface area contributed by atoms with Crippen LogP contribution < -0.4 is 10.5 Å². The van der Waals surface area contributed by atoms with Crippen LogP contribution in [-0.2, 0) is 4.74 Å². The normalized spacial score (nSPS) is 10.2. The summed E-state index contributed by atoms with van der Waals surface area (Å²) >= 11 is 0. The summed E-state index contributed by atoms with van der Waals surface area (Å²) in [5.74, 6) is -0.0858. The lowest BCUT2D eigenvalue weighted by molar-refractivity contribution is 0.0597. The minimum atomic E-state index is -0.500. The molecular weight excluding hydrogens is 250 g/mol. The van der Waals surface area contributed by atoms with Crippen molar-refractivity contribution in [3.63, 3.8) is 0 Å². The average Bonchev–Trinajstić information content (AvgIpc) is 2.76. The molecular formula is C12H13N3O4. The van der Waals surface area contributed by atoms with Crippen LogP contribution in [0.3, 0.4) is 0 Å². The predicted octanol–water partition coefficient (Wildman–Crippen LogP) is 0.955. The van der Waals surface area contributed by atoms with E-state index < -0.39 is 5.97 Å². The van der Waals surface area contributed by atoms with Gasteiger partial charge in [0.2, 0.25) is 5.88 Å². The van der Waals surface area contributed by atoms with Crippen LogP contribution in [0.2, 0.25) is 0 Å². The van der Waals surface area contributed by atoms with Gasteiger partial charge in [0.25, 0.3) is 0 Å². The van der Waals surface area contributed by atoms with Crippen LogP contribution >= 0.6 is 0 Å². The topological polar surface area (TPSA) is 99.6 Å². The fourth-order valence-electron chi connectivity index (χ4n) is 1.68. The molecule has 7 heteroatoms. The maximum atomic E-state index is 11.5. The Balaban J connectivity index is 2.50. The van der Waals surface area contributed by atoms with Gasteiger partial charge in [0.05, 0.1) is 19.9 Å². The van der Waals surface area contributed by atoms with Gasteiger partial charge in [-0.25, -0.2) is 9.48 Å². The number of benzene rings is 1. The molecule has 2 aromatic rings. The number of hydrogen-bond donors (Lipinski definition) is 2. The second-order valence-electron chi connectivity index (χ2n) is 3.72. The Morgan fingerprint density at radius 3 is 2.63 bits per heavy atom. The first-order valence-electron chi connectivity index (χ1n) is 5.38. The van der Waals surface area contributed by atoms with Crippen LogP contribution in [0, 0.1) is 0 Å². The van der Waals surface area contributed by atoms with Crippen molar-refractivity contribution < 1.29 is 19.4 Å². The minimum absolute atomic E-state index is 0.187. The molecule has 0 amide bonds. The molecule has 0 atom stereocenters. The van der Waals surface area contributed by atoms with Crippen molar-refractivity contribution in [3.8, 4) is 17.3 Å². The summed E-state index contributed by atoms with van der Waals surface area (Å²) in [6, 6.07) is 6.06. The van der Waals surface area contributed by atoms with E-state index in [2.05, 4.69) is 9.84 Å². The molecule has 0 saturated heterocycles. The number of nitrogen functional groups attached to an aromatic ring is 1. The highest BCUT2D eigenvalue weighted by molar-refractivity contribution is 5.92. The van der Waals surface area contributed by atoms with Gasteiger partial charge >= 0.3 is 5.97 Å². The third-order valence-corrected chi connectivity index (χ3v) is 2.56. The van der Waals surface area contributed by atoms with E-state index in [0.717, 1.165) is 0 Å². The quantitative estimate of drug-likeness (QED) is 0.800. The van der Waals surface area contributed by atoms with E-state index in [4.69, 9.17) is 10.5 Å². The van der Waals surface area contributed by atoms with Gasteiger partial charge in [-0.05, 0) is 12.1 Å². The lowest BCUT2D eigenvalue weighted by atomic mass is 10.2. The van der Waals surface area contributed by atoms with Gasteiger partial charge in [-0.3, -0.25) is 0 Å². The predicted molar refractivity (Wildman–Crippen MR) is 67.5 cm³/mol.